The summed E-state index contributed by atoms with van der Waals surface area (Å²) in [7, 11) is 0. The number of piperidine rings is 1. The zero-order valence-corrected chi connectivity index (χ0v) is 11.8. The lowest BCUT2D eigenvalue weighted by Crippen LogP contribution is -2.45. The topological polar surface area (TPSA) is 49.5 Å². The Morgan fingerprint density at radius 1 is 1.58 bits per heavy atom. The lowest BCUT2D eigenvalue weighted by atomic mass is 9.94. The molecule has 1 heterocycles. The Bertz CT molecular complexity index is 490. The lowest BCUT2D eigenvalue weighted by Gasteiger charge is -2.37. The monoisotopic (exact) mass is 282 g/mol. The van der Waals surface area contributed by atoms with Crippen molar-refractivity contribution < 1.29 is 9.50 Å². The fraction of sp³-hybridized carbons (Fsp3) is 0.500. The summed E-state index contributed by atoms with van der Waals surface area (Å²) in [5.74, 6) is -0.293. The summed E-state index contributed by atoms with van der Waals surface area (Å²) in [4.78, 5) is 2.39. The maximum Gasteiger partial charge on any atom is 0.123 e. The maximum atomic E-state index is 13.4. The number of rotatable bonds is 3. The predicted octanol–water partition coefficient (Wildman–Crippen LogP) is 1.81. The number of benzene rings is 1. The van der Waals surface area contributed by atoms with Crippen molar-refractivity contribution in [3.05, 3.63) is 35.1 Å². The van der Waals surface area contributed by atoms with Crippen molar-refractivity contribution in [2.45, 2.75) is 31.9 Å². The quantitative estimate of drug-likeness (QED) is 0.830. The average molecular weight is 282 g/mol. The number of likely N-dealkylation sites (tertiary alicyclic amines) is 1. The molecular formula is C14H19FN2OS. The number of halogens is 1. The fourth-order valence-electron chi connectivity index (χ4n) is 2.63. The summed E-state index contributed by atoms with van der Waals surface area (Å²) in [5.41, 5.74) is 6.48. The first kappa shape index (κ1) is 14.4. The Morgan fingerprint density at radius 2 is 2.32 bits per heavy atom. The van der Waals surface area contributed by atoms with E-state index < -0.39 is 5.60 Å². The molecule has 1 aromatic carbocycles. The minimum absolute atomic E-state index is 0.277. The van der Waals surface area contributed by atoms with E-state index in [2.05, 4.69) is 4.90 Å². The van der Waals surface area contributed by atoms with Crippen LogP contribution in [0.3, 0.4) is 0 Å². The standard InChI is InChI=1S/C14H19FN2OS/c1-14(18)5-2-6-17(9-14)8-10-7-11(15)3-4-12(10)13(16)19/h3-4,7,18H,2,5-6,8-9H2,1H3,(H2,16,19). The molecule has 104 valence electrons. The first-order valence-electron chi connectivity index (χ1n) is 6.40. The van der Waals surface area contributed by atoms with Gasteiger partial charge in [-0.25, -0.2) is 4.39 Å². The first-order valence-corrected chi connectivity index (χ1v) is 6.81. The van der Waals surface area contributed by atoms with Crippen molar-refractivity contribution in [1.82, 2.24) is 4.90 Å². The van der Waals surface area contributed by atoms with Gasteiger partial charge < -0.3 is 10.8 Å². The van der Waals surface area contributed by atoms with E-state index in [-0.39, 0.29) is 10.8 Å². The van der Waals surface area contributed by atoms with E-state index in [1.807, 2.05) is 6.92 Å². The van der Waals surface area contributed by atoms with Gasteiger partial charge in [0.05, 0.1) is 5.60 Å². The molecule has 1 aromatic rings. The number of nitrogens with two attached hydrogens (primary N) is 1. The number of thiocarbonyl (C=S) groups is 1. The van der Waals surface area contributed by atoms with Crippen LogP contribution in [0.4, 0.5) is 4.39 Å². The summed E-state index contributed by atoms with van der Waals surface area (Å²) >= 11 is 4.99. The van der Waals surface area contributed by atoms with E-state index in [1.165, 1.54) is 12.1 Å². The molecule has 0 radical (unpaired) electrons. The molecule has 3 N–H and O–H groups in total. The molecule has 0 amide bonds. The van der Waals surface area contributed by atoms with E-state index >= 15 is 0 Å². The summed E-state index contributed by atoms with van der Waals surface area (Å²) in [6, 6.07) is 4.46. The highest BCUT2D eigenvalue weighted by molar-refractivity contribution is 7.80. The van der Waals surface area contributed by atoms with E-state index in [1.54, 1.807) is 6.07 Å². The van der Waals surface area contributed by atoms with E-state index in [0.717, 1.165) is 24.9 Å². The molecule has 0 aromatic heterocycles. The summed E-state index contributed by atoms with van der Waals surface area (Å²) < 4.78 is 13.4. The molecule has 1 atom stereocenters. The zero-order chi connectivity index (χ0) is 14.0. The van der Waals surface area contributed by atoms with Gasteiger partial charge in [-0.3, -0.25) is 4.90 Å². The van der Waals surface area contributed by atoms with Crippen LogP contribution in [-0.4, -0.2) is 33.7 Å². The third-order valence-corrected chi connectivity index (χ3v) is 3.70. The van der Waals surface area contributed by atoms with Crippen LogP contribution in [0.25, 0.3) is 0 Å². The van der Waals surface area contributed by atoms with Gasteiger partial charge in [-0.05, 0) is 50.1 Å². The van der Waals surface area contributed by atoms with Crippen LogP contribution in [0.5, 0.6) is 0 Å². The number of hydrogen-bond donors (Lipinski definition) is 2. The third-order valence-electron chi connectivity index (χ3n) is 3.48. The van der Waals surface area contributed by atoms with Crippen LogP contribution in [0, 0.1) is 5.82 Å². The molecule has 3 nitrogen and oxygen atoms in total. The minimum Gasteiger partial charge on any atom is -0.389 e. The van der Waals surface area contributed by atoms with Gasteiger partial charge in [0.15, 0.2) is 0 Å². The van der Waals surface area contributed by atoms with Crippen molar-refractivity contribution in [3.63, 3.8) is 0 Å². The van der Waals surface area contributed by atoms with Gasteiger partial charge in [0.2, 0.25) is 0 Å². The molecule has 1 unspecified atom stereocenters. The van der Waals surface area contributed by atoms with Crippen molar-refractivity contribution >= 4 is 17.2 Å². The highest BCUT2D eigenvalue weighted by Gasteiger charge is 2.28. The van der Waals surface area contributed by atoms with Crippen LogP contribution in [0.1, 0.15) is 30.9 Å². The molecule has 5 heteroatoms. The van der Waals surface area contributed by atoms with Gasteiger partial charge in [-0.1, -0.05) is 12.2 Å². The van der Waals surface area contributed by atoms with Crippen molar-refractivity contribution in [3.8, 4) is 0 Å². The normalized spacial score (nSPS) is 24.4. The van der Waals surface area contributed by atoms with E-state index in [0.29, 0.717) is 18.7 Å². The number of aliphatic hydroxyl groups is 1. The third kappa shape index (κ3) is 3.72. The van der Waals surface area contributed by atoms with Crippen molar-refractivity contribution in [1.29, 1.82) is 0 Å². The minimum atomic E-state index is -0.672. The van der Waals surface area contributed by atoms with Gasteiger partial charge in [0.25, 0.3) is 0 Å². The molecule has 0 aliphatic carbocycles. The first-order chi connectivity index (χ1) is 8.87. The van der Waals surface area contributed by atoms with Gasteiger partial charge in [-0.2, -0.15) is 0 Å². The van der Waals surface area contributed by atoms with Gasteiger partial charge in [-0.15, -0.1) is 0 Å². The second-order valence-corrected chi connectivity index (χ2v) is 5.92. The molecule has 1 saturated heterocycles. The largest absolute Gasteiger partial charge is 0.389 e. The number of nitrogens with zero attached hydrogens (tertiary/aromatic N) is 1. The average Bonchev–Trinajstić information content (AvgIpc) is 2.27. The second-order valence-electron chi connectivity index (χ2n) is 5.48. The fourth-order valence-corrected chi connectivity index (χ4v) is 2.83. The number of hydrogen-bond acceptors (Lipinski definition) is 3. The molecule has 2 rings (SSSR count). The van der Waals surface area contributed by atoms with Crippen LogP contribution < -0.4 is 5.73 Å². The smallest absolute Gasteiger partial charge is 0.123 e. The molecular weight excluding hydrogens is 263 g/mol. The Balaban J connectivity index is 2.18. The summed E-state index contributed by atoms with van der Waals surface area (Å²) in [6.07, 6.45) is 1.74. The molecule has 0 bridgehead atoms. The zero-order valence-electron chi connectivity index (χ0n) is 11.0. The Labute approximate surface area is 118 Å². The SMILES string of the molecule is CC1(O)CCCN(Cc2cc(F)ccc2C(N)=S)C1. The Kier molecular flexibility index (Phi) is 4.18. The van der Waals surface area contributed by atoms with Gasteiger partial charge >= 0.3 is 0 Å². The molecule has 19 heavy (non-hydrogen) atoms. The van der Waals surface area contributed by atoms with E-state index in [9.17, 15) is 9.50 Å². The van der Waals surface area contributed by atoms with E-state index in [4.69, 9.17) is 18.0 Å². The molecule has 1 fully saturated rings. The summed E-state index contributed by atoms with van der Waals surface area (Å²) in [5, 5.41) is 10.1. The van der Waals surface area contributed by atoms with Crippen molar-refractivity contribution in [2.24, 2.45) is 5.73 Å². The Morgan fingerprint density at radius 3 is 2.95 bits per heavy atom. The molecule has 1 aliphatic heterocycles. The molecule has 1 aliphatic rings. The highest BCUT2D eigenvalue weighted by atomic mass is 32.1. The second kappa shape index (κ2) is 5.53. The highest BCUT2D eigenvalue weighted by Crippen LogP contribution is 2.23. The molecule has 0 spiro atoms. The van der Waals surface area contributed by atoms with Crippen molar-refractivity contribution in [2.75, 3.05) is 13.1 Å². The Hall–Kier alpha value is -1.04. The van der Waals surface area contributed by atoms with Crippen LogP contribution in [0.15, 0.2) is 18.2 Å². The number of β-amino-alcohol motifs (C(OH)–C–C–N with tert-alkyl or cyclic N) is 1. The van der Waals surface area contributed by atoms with Crippen LogP contribution >= 0.6 is 12.2 Å². The molecule has 0 saturated carbocycles. The predicted molar refractivity (Wildman–Crippen MR) is 77.4 cm³/mol. The maximum absolute atomic E-state index is 13.4. The summed E-state index contributed by atoms with van der Waals surface area (Å²) in [6.45, 7) is 3.86. The van der Waals surface area contributed by atoms with Gasteiger partial charge in [0, 0.05) is 18.7 Å². The van der Waals surface area contributed by atoms with Gasteiger partial charge in [0.1, 0.15) is 10.8 Å². The van der Waals surface area contributed by atoms with Crippen LogP contribution in [0.2, 0.25) is 0 Å². The lowest BCUT2D eigenvalue weighted by molar-refractivity contribution is -0.0181. The van der Waals surface area contributed by atoms with Crippen LogP contribution in [-0.2, 0) is 6.54 Å².